The summed E-state index contributed by atoms with van der Waals surface area (Å²) in [6.07, 6.45) is 0. The number of anilines is 1. The second-order valence-corrected chi connectivity index (χ2v) is 3.05. The molecule has 0 aliphatic heterocycles. The average Bonchev–Trinajstić information content (AvgIpc) is 2.22. The summed E-state index contributed by atoms with van der Waals surface area (Å²) < 4.78 is 26.3. The van der Waals surface area contributed by atoms with Crippen LogP contribution in [0.5, 0.6) is 0 Å². The van der Waals surface area contributed by atoms with Gasteiger partial charge >= 0.3 is 0 Å². The van der Waals surface area contributed by atoms with Crippen molar-refractivity contribution in [3.05, 3.63) is 48.0 Å². The summed E-state index contributed by atoms with van der Waals surface area (Å²) >= 11 is 0. The van der Waals surface area contributed by atoms with Crippen LogP contribution in [0.2, 0.25) is 0 Å². The van der Waals surface area contributed by atoms with Crippen molar-refractivity contribution in [1.82, 2.24) is 4.98 Å². The van der Waals surface area contributed by atoms with Crippen LogP contribution in [-0.2, 0) is 0 Å². The highest BCUT2D eigenvalue weighted by atomic mass is 19.2. The number of hydrogen-bond donors (Lipinski definition) is 1. The third-order valence-electron chi connectivity index (χ3n) is 2.00. The molecule has 0 bridgehead atoms. The monoisotopic (exact) mass is 206 g/mol. The number of rotatable bonds is 1. The molecule has 15 heavy (non-hydrogen) atoms. The minimum atomic E-state index is -0.907. The zero-order valence-electron chi connectivity index (χ0n) is 7.74. The maximum Gasteiger partial charge on any atom is 0.168 e. The van der Waals surface area contributed by atoms with E-state index >= 15 is 0 Å². The SMILES string of the molecule is Nc1cccc(-c2cccc(F)c2F)n1. The molecule has 4 heteroatoms. The molecule has 1 aromatic heterocycles. The summed E-state index contributed by atoms with van der Waals surface area (Å²) in [6.45, 7) is 0. The Hall–Kier alpha value is -1.97. The summed E-state index contributed by atoms with van der Waals surface area (Å²) in [4.78, 5) is 3.92. The van der Waals surface area contributed by atoms with Gasteiger partial charge in [-0.05, 0) is 24.3 Å². The summed E-state index contributed by atoms with van der Waals surface area (Å²) in [6, 6.07) is 8.75. The molecule has 76 valence electrons. The van der Waals surface area contributed by atoms with Crippen molar-refractivity contribution >= 4 is 5.82 Å². The molecule has 0 aliphatic rings. The topological polar surface area (TPSA) is 38.9 Å². The first-order chi connectivity index (χ1) is 7.18. The highest BCUT2D eigenvalue weighted by molar-refractivity contribution is 5.61. The lowest BCUT2D eigenvalue weighted by atomic mass is 10.1. The van der Waals surface area contributed by atoms with Crippen LogP contribution >= 0.6 is 0 Å². The highest BCUT2D eigenvalue weighted by Crippen LogP contribution is 2.22. The number of nitrogens with zero attached hydrogens (tertiary/aromatic N) is 1. The first-order valence-corrected chi connectivity index (χ1v) is 4.35. The van der Waals surface area contributed by atoms with Gasteiger partial charge in [0.15, 0.2) is 11.6 Å². The normalized spacial score (nSPS) is 10.3. The smallest absolute Gasteiger partial charge is 0.168 e. The van der Waals surface area contributed by atoms with E-state index in [4.69, 9.17) is 5.73 Å². The van der Waals surface area contributed by atoms with E-state index < -0.39 is 11.6 Å². The van der Waals surface area contributed by atoms with Crippen LogP contribution in [0, 0.1) is 11.6 Å². The van der Waals surface area contributed by atoms with Crippen molar-refractivity contribution in [2.24, 2.45) is 0 Å². The van der Waals surface area contributed by atoms with E-state index in [1.807, 2.05) is 0 Å². The van der Waals surface area contributed by atoms with Gasteiger partial charge in [-0.15, -0.1) is 0 Å². The molecular weight excluding hydrogens is 198 g/mol. The molecule has 0 unspecified atom stereocenters. The van der Waals surface area contributed by atoms with Crippen molar-refractivity contribution in [2.45, 2.75) is 0 Å². The molecule has 2 nitrogen and oxygen atoms in total. The molecule has 0 amide bonds. The van der Waals surface area contributed by atoms with E-state index in [2.05, 4.69) is 4.98 Å². The van der Waals surface area contributed by atoms with Gasteiger partial charge in [0, 0.05) is 5.56 Å². The minimum absolute atomic E-state index is 0.113. The van der Waals surface area contributed by atoms with E-state index in [9.17, 15) is 8.78 Å². The fourth-order valence-electron chi connectivity index (χ4n) is 1.30. The van der Waals surface area contributed by atoms with E-state index in [0.717, 1.165) is 6.07 Å². The van der Waals surface area contributed by atoms with Gasteiger partial charge in [0.25, 0.3) is 0 Å². The van der Waals surface area contributed by atoms with Crippen LogP contribution in [0.25, 0.3) is 11.3 Å². The Kier molecular flexibility index (Phi) is 2.33. The molecule has 0 fully saturated rings. The Balaban J connectivity index is 2.59. The van der Waals surface area contributed by atoms with E-state index in [1.165, 1.54) is 12.1 Å². The molecule has 0 saturated heterocycles. The number of benzene rings is 1. The zero-order chi connectivity index (χ0) is 10.8. The van der Waals surface area contributed by atoms with Crippen LogP contribution in [-0.4, -0.2) is 4.98 Å². The van der Waals surface area contributed by atoms with Crippen molar-refractivity contribution in [1.29, 1.82) is 0 Å². The largest absolute Gasteiger partial charge is 0.384 e. The van der Waals surface area contributed by atoms with Crippen LogP contribution in [0.4, 0.5) is 14.6 Å². The Morgan fingerprint density at radius 3 is 2.47 bits per heavy atom. The van der Waals surface area contributed by atoms with E-state index in [1.54, 1.807) is 18.2 Å². The number of pyridine rings is 1. The maximum atomic E-state index is 13.4. The van der Waals surface area contributed by atoms with E-state index in [-0.39, 0.29) is 11.4 Å². The average molecular weight is 206 g/mol. The Labute approximate surface area is 85.4 Å². The molecule has 1 aromatic carbocycles. The molecule has 1 heterocycles. The van der Waals surface area contributed by atoms with Gasteiger partial charge in [0.1, 0.15) is 5.82 Å². The predicted octanol–water partition coefficient (Wildman–Crippen LogP) is 2.61. The molecule has 2 N–H and O–H groups in total. The van der Waals surface area contributed by atoms with Gasteiger partial charge < -0.3 is 5.73 Å². The standard InChI is InChI=1S/C11H8F2N2/c12-8-4-1-3-7(11(8)13)9-5-2-6-10(14)15-9/h1-6H,(H2,14,15). The van der Waals surface area contributed by atoms with Crippen molar-refractivity contribution in [3.8, 4) is 11.3 Å². The molecule has 2 rings (SSSR count). The van der Waals surface area contributed by atoms with Gasteiger partial charge in [-0.2, -0.15) is 0 Å². The van der Waals surface area contributed by atoms with Crippen molar-refractivity contribution in [2.75, 3.05) is 5.73 Å². The van der Waals surface area contributed by atoms with Crippen LogP contribution in [0.15, 0.2) is 36.4 Å². The maximum absolute atomic E-state index is 13.4. The molecule has 0 atom stereocenters. The molecular formula is C11H8F2N2. The quantitative estimate of drug-likeness (QED) is 0.778. The number of aromatic nitrogens is 1. The second-order valence-electron chi connectivity index (χ2n) is 3.05. The molecule has 0 aliphatic carbocycles. The van der Waals surface area contributed by atoms with Gasteiger partial charge in [-0.25, -0.2) is 13.8 Å². The van der Waals surface area contributed by atoms with Crippen LogP contribution in [0.1, 0.15) is 0 Å². The third-order valence-corrected chi connectivity index (χ3v) is 2.00. The molecule has 0 radical (unpaired) electrons. The summed E-state index contributed by atoms with van der Waals surface area (Å²) in [7, 11) is 0. The lowest BCUT2D eigenvalue weighted by molar-refractivity contribution is 0.511. The summed E-state index contributed by atoms with van der Waals surface area (Å²) in [5.74, 6) is -1.52. The molecule has 2 aromatic rings. The minimum Gasteiger partial charge on any atom is -0.384 e. The summed E-state index contributed by atoms with van der Waals surface area (Å²) in [5.41, 5.74) is 5.90. The van der Waals surface area contributed by atoms with Gasteiger partial charge in [-0.1, -0.05) is 12.1 Å². The number of halogens is 2. The van der Waals surface area contributed by atoms with Gasteiger partial charge in [0.05, 0.1) is 5.69 Å². The highest BCUT2D eigenvalue weighted by Gasteiger charge is 2.10. The molecule has 0 spiro atoms. The Morgan fingerprint density at radius 2 is 1.73 bits per heavy atom. The van der Waals surface area contributed by atoms with Gasteiger partial charge in [0.2, 0.25) is 0 Å². The first-order valence-electron chi connectivity index (χ1n) is 4.35. The third kappa shape index (κ3) is 1.79. The summed E-state index contributed by atoms with van der Waals surface area (Å²) in [5, 5.41) is 0. The lowest BCUT2D eigenvalue weighted by Gasteiger charge is -2.03. The van der Waals surface area contributed by atoms with Gasteiger partial charge in [-0.3, -0.25) is 0 Å². The first kappa shape index (κ1) is 9.58. The number of nitrogen functional groups attached to an aromatic ring is 1. The van der Waals surface area contributed by atoms with E-state index in [0.29, 0.717) is 5.69 Å². The zero-order valence-corrected chi connectivity index (χ0v) is 7.74. The van der Waals surface area contributed by atoms with Crippen molar-refractivity contribution < 1.29 is 8.78 Å². The molecule has 0 saturated carbocycles. The van der Waals surface area contributed by atoms with Crippen LogP contribution < -0.4 is 5.73 Å². The number of hydrogen-bond acceptors (Lipinski definition) is 2. The van der Waals surface area contributed by atoms with Crippen molar-refractivity contribution in [3.63, 3.8) is 0 Å². The fourth-order valence-corrected chi connectivity index (χ4v) is 1.30. The Morgan fingerprint density at radius 1 is 1.00 bits per heavy atom. The lowest BCUT2D eigenvalue weighted by Crippen LogP contribution is -1.94. The second kappa shape index (κ2) is 3.65. The fraction of sp³-hybridized carbons (Fsp3) is 0. The van der Waals surface area contributed by atoms with Crippen LogP contribution in [0.3, 0.4) is 0 Å². The Bertz CT molecular complexity index is 498. The predicted molar refractivity (Wildman–Crippen MR) is 54.0 cm³/mol. The number of nitrogens with two attached hydrogens (primary N) is 1.